The molecule has 55 valence electrons. The van der Waals surface area contributed by atoms with Crippen molar-refractivity contribution < 1.29 is 4.74 Å². The van der Waals surface area contributed by atoms with Crippen LogP contribution in [0.2, 0.25) is 0 Å². The maximum atomic E-state index is 5.10. The molecule has 0 spiro atoms. The molecule has 0 N–H and O–H groups in total. The lowest BCUT2D eigenvalue weighted by atomic mass is 9.85. The molecule has 0 amide bonds. The van der Waals surface area contributed by atoms with Gasteiger partial charge in [0.1, 0.15) is 0 Å². The van der Waals surface area contributed by atoms with E-state index in [9.17, 15) is 0 Å². The van der Waals surface area contributed by atoms with Crippen LogP contribution in [0.15, 0.2) is 24.0 Å². The van der Waals surface area contributed by atoms with E-state index in [1.165, 1.54) is 0 Å². The molecule has 0 bridgehead atoms. The molecule has 0 saturated carbocycles. The first-order chi connectivity index (χ1) is 4.64. The molecule has 1 rings (SSSR count). The van der Waals surface area contributed by atoms with Crippen LogP contribution < -0.4 is 0 Å². The van der Waals surface area contributed by atoms with Crippen LogP contribution >= 0.6 is 0 Å². The SMILES string of the molecule is [CH2]C1(C)C=CC=C(OC)C1. The summed E-state index contributed by atoms with van der Waals surface area (Å²) < 4.78 is 5.10. The van der Waals surface area contributed by atoms with E-state index in [2.05, 4.69) is 19.9 Å². The topological polar surface area (TPSA) is 9.23 Å². The second-order valence-corrected chi connectivity index (χ2v) is 3.03. The second kappa shape index (κ2) is 2.49. The molecule has 0 aliphatic heterocycles. The van der Waals surface area contributed by atoms with E-state index in [1.54, 1.807) is 7.11 Å². The fourth-order valence-electron chi connectivity index (χ4n) is 1.04. The van der Waals surface area contributed by atoms with Gasteiger partial charge in [0.05, 0.1) is 12.9 Å². The average molecular weight is 137 g/mol. The first-order valence-electron chi connectivity index (χ1n) is 3.42. The second-order valence-electron chi connectivity index (χ2n) is 3.03. The predicted molar refractivity (Wildman–Crippen MR) is 42.3 cm³/mol. The Morgan fingerprint density at radius 2 is 2.40 bits per heavy atom. The summed E-state index contributed by atoms with van der Waals surface area (Å²) >= 11 is 0. The minimum absolute atomic E-state index is 0.0279. The highest BCUT2D eigenvalue weighted by Gasteiger charge is 2.18. The smallest absolute Gasteiger partial charge is 0.0963 e. The van der Waals surface area contributed by atoms with E-state index in [0.29, 0.717) is 0 Å². The Balaban J connectivity index is 2.68. The summed E-state index contributed by atoms with van der Waals surface area (Å²) in [6.45, 7) is 6.11. The van der Waals surface area contributed by atoms with E-state index in [4.69, 9.17) is 4.74 Å². The van der Waals surface area contributed by atoms with Crippen molar-refractivity contribution >= 4 is 0 Å². The summed E-state index contributed by atoms with van der Waals surface area (Å²) in [5, 5.41) is 0. The highest BCUT2D eigenvalue weighted by atomic mass is 16.5. The largest absolute Gasteiger partial charge is 0.501 e. The fourth-order valence-corrected chi connectivity index (χ4v) is 1.04. The number of hydrogen-bond donors (Lipinski definition) is 0. The number of methoxy groups -OCH3 is 1. The number of hydrogen-bond acceptors (Lipinski definition) is 1. The van der Waals surface area contributed by atoms with Gasteiger partial charge in [0.15, 0.2) is 0 Å². The van der Waals surface area contributed by atoms with E-state index < -0.39 is 0 Å². The van der Waals surface area contributed by atoms with Gasteiger partial charge in [-0.3, -0.25) is 0 Å². The fraction of sp³-hybridized carbons (Fsp3) is 0.444. The molecule has 1 radical (unpaired) electrons. The standard InChI is InChI=1S/C9H13O/c1-9(2)6-4-5-8(7-9)10-3/h4-6H,1,7H2,2-3H3. The summed E-state index contributed by atoms with van der Waals surface area (Å²) in [7, 11) is 1.70. The highest BCUT2D eigenvalue weighted by Crippen LogP contribution is 2.29. The third kappa shape index (κ3) is 1.63. The third-order valence-electron chi connectivity index (χ3n) is 1.62. The molecule has 0 fully saturated rings. The summed E-state index contributed by atoms with van der Waals surface area (Å²) in [4.78, 5) is 0. The molecule has 0 heterocycles. The van der Waals surface area contributed by atoms with E-state index in [1.807, 2.05) is 12.2 Å². The molecule has 1 aliphatic carbocycles. The molecule has 0 aromatic carbocycles. The Morgan fingerprint density at radius 3 is 2.80 bits per heavy atom. The third-order valence-corrected chi connectivity index (χ3v) is 1.62. The van der Waals surface area contributed by atoms with Crippen LogP contribution in [0.3, 0.4) is 0 Å². The van der Waals surface area contributed by atoms with Gasteiger partial charge < -0.3 is 4.74 Å². The highest BCUT2D eigenvalue weighted by molar-refractivity contribution is 5.20. The zero-order chi connectivity index (χ0) is 7.61. The van der Waals surface area contributed by atoms with Crippen LogP contribution in [-0.4, -0.2) is 7.11 Å². The average Bonchev–Trinajstić information content (AvgIpc) is 1.86. The molecule has 1 aliphatic rings. The molecular formula is C9H13O. The van der Waals surface area contributed by atoms with Gasteiger partial charge in [-0.25, -0.2) is 0 Å². The Hall–Kier alpha value is -0.720. The van der Waals surface area contributed by atoms with Gasteiger partial charge in [0.25, 0.3) is 0 Å². The van der Waals surface area contributed by atoms with Gasteiger partial charge in [-0.15, -0.1) is 0 Å². The maximum absolute atomic E-state index is 5.10. The number of ether oxygens (including phenoxy) is 1. The van der Waals surface area contributed by atoms with Crippen LogP contribution in [0.5, 0.6) is 0 Å². The Kier molecular flexibility index (Phi) is 1.84. The summed E-state index contributed by atoms with van der Waals surface area (Å²) in [6, 6.07) is 0. The maximum Gasteiger partial charge on any atom is 0.0963 e. The zero-order valence-corrected chi connectivity index (χ0v) is 6.55. The molecule has 1 nitrogen and oxygen atoms in total. The van der Waals surface area contributed by atoms with Gasteiger partial charge >= 0.3 is 0 Å². The minimum Gasteiger partial charge on any atom is -0.501 e. The zero-order valence-electron chi connectivity index (χ0n) is 6.55. The van der Waals surface area contributed by atoms with Crippen LogP contribution in [0.4, 0.5) is 0 Å². The summed E-state index contributed by atoms with van der Waals surface area (Å²) in [6.07, 6.45) is 6.97. The van der Waals surface area contributed by atoms with E-state index in [0.717, 1.165) is 12.2 Å². The molecule has 1 heteroatoms. The molecule has 0 saturated heterocycles. The minimum atomic E-state index is 0.0279. The summed E-state index contributed by atoms with van der Waals surface area (Å²) in [5.41, 5.74) is 0.0279. The van der Waals surface area contributed by atoms with Crippen LogP contribution in [0.1, 0.15) is 13.3 Å². The van der Waals surface area contributed by atoms with Crippen molar-refractivity contribution in [2.45, 2.75) is 13.3 Å². The van der Waals surface area contributed by atoms with Crippen molar-refractivity contribution in [3.63, 3.8) is 0 Å². The molecular weight excluding hydrogens is 124 g/mol. The van der Waals surface area contributed by atoms with Crippen molar-refractivity contribution in [2.24, 2.45) is 5.41 Å². The quantitative estimate of drug-likeness (QED) is 0.539. The van der Waals surface area contributed by atoms with Crippen molar-refractivity contribution in [1.82, 2.24) is 0 Å². The normalized spacial score (nSPS) is 22.1. The van der Waals surface area contributed by atoms with Crippen molar-refractivity contribution in [3.05, 3.63) is 30.9 Å². The lowest BCUT2D eigenvalue weighted by molar-refractivity contribution is 0.253. The van der Waals surface area contributed by atoms with Gasteiger partial charge in [-0.05, 0) is 18.4 Å². The lowest BCUT2D eigenvalue weighted by Gasteiger charge is -2.23. The number of rotatable bonds is 1. The van der Waals surface area contributed by atoms with Crippen LogP contribution in [-0.2, 0) is 4.74 Å². The van der Waals surface area contributed by atoms with E-state index in [-0.39, 0.29) is 5.41 Å². The molecule has 0 aromatic heterocycles. The monoisotopic (exact) mass is 137 g/mol. The van der Waals surface area contributed by atoms with Gasteiger partial charge in [0, 0.05) is 6.42 Å². The summed E-state index contributed by atoms with van der Waals surface area (Å²) in [5.74, 6) is 1.01. The van der Waals surface area contributed by atoms with Crippen LogP contribution in [0.25, 0.3) is 0 Å². The van der Waals surface area contributed by atoms with Crippen LogP contribution in [0, 0.1) is 12.3 Å². The molecule has 1 atom stereocenters. The molecule has 10 heavy (non-hydrogen) atoms. The van der Waals surface area contributed by atoms with Crippen molar-refractivity contribution in [3.8, 4) is 0 Å². The first-order valence-corrected chi connectivity index (χ1v) is 3.42. The first kappa shape index (κ1) is 7.39. The van der Waals surface area contributed by atoms with Crippen molar-refractivity contribution in [2.75, 3.05) is 7.11 Å². The molecule has 0 aromatic rings. The Labute approximate surface area is 62.4 Å². The Morgan fingerprint density at radius 1 is 1.70 bits per heavy atom. The molecule has 1 unspecified atom stereocenters. The number of allylic oxidation sites excluding steroid dienone is 4. The lowest BCUT2D eigenvalue weighted by Crippen LogP contribution is -2.12. The van der Waals surface area contributed by atoms with E-state index >= 15 is 0 Å². The van der Waals surface area contributed by atoms with Crippen molar-refractivity contribution in [1.29, 1.82) is 0 Å². The Bertz CT molecular complexity index is 175. The predicted octanol–water partition coefficient (Wildman–Crippen LogP) is 2.32. The van der Waals surface area contributed by atoms with Gasteiger partial charge in [-0.1, -0.05) is 19.1 Å². The van der Waals surface area contributed by atoms with Gasteiger partial charge in [-0.2, -0.15) is 0 Å². The van der Waals surface area contributed by atoms with Gasteiger partial charge in [0.2, 0.25) is 0 Å².